The average Bonchev–Trinajstić information content (AvgIpc) is 2.35. The standard InChI is InChI=1S/C13H16F3N/c1-8(9-4-6-17-7-5-9)12-10(14)2-3-11(15)13(12)16/h2-3,8-9,17H,4-7H2,1H3. The Morgan fingerprint density at radius 3 is 2.35 bits per heavy atom. The van der Waals surface area contributed by atoms with Crippen LogP contribution in [0.1, 0.15) is 31.2 Å². The molecule has 1 fully saturated rings. The number of hydrogen-bond acceptors (Lipinski definition) is 1. The Morgan fingerprint density at radius 1 is 1.12 bits per heavy atom. The highest BCUT2D eigenvalue weighted by Gasteiger charge is 2.27. The van der Waals surface area contributed by atoms with E-state index in [0.717, 1.165) is 38.1 Å². The Labute approximate surface area is 99.0 Å². The zero-order valence-corrected chi connectivity index (χ0v) is 9.77. The number of benzene rings is 1. The van der Waals surface area contributed by atoms with E-state index in [4.69, 9.17) is 0 Å². The average molecular weight is 243 g/mol. The van der Waals surface area contributed by atoms with Gasteiger partial charge in [0.1, 0.15) is 5.82 Å². The van der Waals surface area contributed by atoms with Gasteiger partial charge < -0.3 is 5.32 Å². The van der Waals surface area contributed by atoms with E-state index < -0.39 is 17.5 Å². The van der Waals surface area contributed by atoms with E-state index in [1.54, 1.807) is 6.92 Å². The number of piperidine rings is 1. The maximum atomic E-state index is 13.6. The van der Waals surface area contributed by atoms with E-state index in [1.807, 2.05) is 0 Å². The maximum Gasteiger partial charge on any atom is 0.165 e. The minimum Gasteiger partial charge on any atom is -0.317 e. The van der Waals surface area contributed by atoms with Crippen molar-refractivity contribution in [2.24, 2.45) is 5.92 Å². The summed E-state index contributed by atoms with van der Waals surface area (Å²) in [5.41, 5.74) is -0.100. The number of nitrogens with one attached hydrogen (secondary N) is 1. The van der Waals surface area contributed by atoms with Crippen molar-refractivity contribution >= 4 is 0 Å². The van der Waals surface area contributed by atoms with Crippen LogP contribution in [-0.4, -0.2) is 13.1 Å². The van der Waals surface area contributed by atoms with Gasteiger partial charge in [0.2, 0.25) is 0 Å². The fourth-order valence-electron chi connectivity index (χ4n) is 2.54. The third-order valence-electron chi connectivity index (χ3n) is 3.63. The molecule has 0 aromatic heterocycles. The van der Waals surface area contributed by atoms with Crippen LogP contribution in [0.2, 0.25) is 0 Å². The lowest BCUT2D eigenvalue weighted by molar-refractivity contribution is 0.316. The maximum absolute atomic E-state index is 13.6. The van der Waals surface area contributed by atoms with Gasteiger partial charge in [0.05, 0.1) is 0 Å². The molecule has 0 bridgehead atoms. The van der Waals surface area contributed by atoms with Crippen molar-refractivity contribution in [2.45, 2.75) is 25.7 Å². The molecule has 1 N–H and O–H groups in total. The Balaban J connectivity index is 2.29. The smallest absolute Gasteiger partial charge is 0.165 e. The van der Waals surface area contributed by atoms with Gasteiger partial charge in [-0.25, -0.2) is 13.2 Å². The molecule has 1 aliphatic heterocycles. The Kier molecular flexibility index (Phi) is 3.72. The molecule has 1 atom stereocenters. The molecule has 94 valence electrons. The first-order chi connectivity index (χ1) is 8.11. The topological polar surface area (TPSA) is 12.0 Å². The molecule has 2 rings (SSSR count). The van der Waals surface area contributed by atoms with Crippen LogP contribution in [0.5, 0.6) is 0 Å². The molecule has 1 aromatic rings. The van der Waals surface area contributed by atoms with Crippen molar-refractivity contribution in [2.75, 3.05) is 13.1 Å². The molecule has 1 aliphatic rings. The molecule has 1 nitrogen and oxygen atoms in total. The molecule has 4 heteroatoms. The third-order valence-corrected chi connectivity index (χ3v) is 3.63. The monoisotopic (exact) mass is 243 g/mol. The van der Waals surface area contributed by atoms with Gasteiger partial charge in [-0.05, 0) is 49.9 Å². The van der Waals surface area contributed by atoms with Gasteiger partial charge >= 0.3 is 0 Å². The largest absolute Gasteiger partial charge is 0.317 e. The van der Waals surface area contributed by atoms with Crippen LogP contribution in [0.3, 0.4) is 0 Å². The van der Waals surface area contributed by atoms with Crippen LogP contribution in [-0.2, 0) is 0 Å². The first-order valence-electron chi connectivity index (χ1n) is 5.95. The Hall–Kier alpha value is -1.03. The van der Waals surface area contributed by atoms with Crippen molar-refractivity contribution in [1.82, 2.24) is 5.32 Å². The van der Waals surface area contributed by atoms with E-state index in [0.29, 0.717) is 0 Å². The summed E-state index contributed by atoms with van der Waals surface area (Å²) < 4.78 is 40.4. The van der Waals surface area contributed by atoms with Crippen LogP contribution in [0.4, 0.5) is 13.2 Å². The van der Waals surface area contributed by atoms with Crippen molar-refractivity contribution in [3.63, 3.8) is 0 Å². The van der Waals surface area contributed by atoms with Crippen molar-refractivity contribution < 1.29 is 13.2 Å². The van der Waals surface area contributed by atoms with E-state index in [9.17, 15) is 13.2 Å². The number of halogens is 3. The molecule has 0 saturated carbocycles. The minimum atomic E-state index is -1.03. The molecule has 1 unspecified atom stereocenters. The first kappa shape index (κ1) is 12.4. The van der Waals surface area contributed by atoms with Gasteiger partial charge in [-0.2, -0.15) is 0 Å². The first-order valence-corrected chi connectivity index (χ1v) is 5.95. The molecule has 0 aliphatic carbocycles. The van der Waals surface area contributed by atoms with Crippen LogP contribution < -0.4 is 5.32 Å². The Morgan fingerprint density at radius 2 is 1.71 bits per heavy atom. The lowest BCUT2D eigenvalue weighted by Crippen LogP contribution is -2.30. The van der Waals surface area contributed by atoms with Gasteiger partial charge in [0, 0.05) is 5.56 Å². The Bertz CT molecular complexity index is 400. The summed E-state index contributed by atoms with van der Waals surface area (Å²) in [6.07, 6.45) is 1.74. The SMILES string of the molecule is CC(c1c(F)ccc(F)c1F)C1CCNCC1. The lowest BCUT2D eigenvalue weighted by Gasteiger charge is -2.29. The summed E-state index contributed by atoms with van der Waals surface area (Å²) in [6, 6.07) is 1.84. The lowest BCUT2D eigenvalue weighted by atomic mass is 9.81. The van der Waals surface area contributed by atoms with Crippen LogP contribution in [0, 0.1) is 23.4 Å². The summed E-state index contributed by atoms with van der Waals surface area (Å²) in [5, 5.41) is 3.20. The molecule has 0 amide bonds. The number of hydrogen-bond donors (Lipinski definition) is 1. The summed E-state index contributed by atoms with van der Waals surface area (Å²) >= 11 is 0. The third kappa shape index (κ3) is 2.46. The summed E-state index contributed by atoms with van der Waals surface area (Å²) in [7, 11) is 0. The molecule has 1 aromatic carbocycles. The number of rotatable bonds is 2. The normalized spacial score (nSPS) is 19.3. The van der Waals surface area contributed by atoms with Crippen LogP contribution >= 0.6 is 0 Å². The minimum absolute atomic E-state index is 0.100. The van der Waals surface area contributed by atoms with Gasteiger partial charge in [0.25, 0.3) is 0 Å². The molecule has 1 heterocycles. The van der Waals surface area contributed by atoms with Gasteiger partial charge in [-0.1, -0.05) is 6.92 Å². The van der Waals surface area contributed by atoms with Crippen LogP contribution in [0.15, 0.2) is 12.1 Å². The molecular weight excluding hydrogens is 227 g/mol. The highest BCUT2D eigenvalue weighted by atomic mass is 19.2. The predicted octanol–water partition coefficient (Wildman–Crippen LogP) is 3.21. The quantitative estimate of drug-likeness (QED) is 0.786. The second-order valence-corrected chi connectivity index (χ2v) is 4.63. The molecular formula is C13H16F3N. The van der Waals surface area contributed by atoms with E-state index >= 15 is 0 Å². The molecule has 0 radical (unpaired) electrons. The van der Waals surface area contributed by atoms with Crippen LogP contribution in [0.25, 0.3) is 0 Å². The zero-order valence-electron chi connectivity index (χ0n) is 9.77. The van der Waals surface area contributed by atoms with Crippen molar-refractivity contribution in [3.05, 3.63) is 35.1 Å². The fourth-order valence-corrected chi connectivity index (χ4v) is 2.54. The molecule has 0 spiro atoms. The molecule has 1 saturated heterocycles. The van der Waals surface area contributed by atoms with E-state index in [-0.39, 0.29) is 17.4 Å². The second kappa shape index (κ2) is 5.08. The van der Waals surface area contributed by atoms with Gasteiger partial charge in [-0.15, -0.1) is 0 Å². The highest BCUT2D eigenvalue weighted by molar-refractivity contribution is 5.25. The van der Waals surface area contributed by atoms with Gasteiger partial charge in [-0.3, -0.25) is 0 Å². The second-order valence-electron chi connectivity index (χ2n) is 4.63. The van der Waals surface area contributed by atoms with E-state index in [2.05, 4.69) is 5.32 Å². The van der Waals surface area contributed by atoms with Gasteiger partial charge in [0.15, 0.2) is 11.6 Å². The fraction of sp³-hybridized carbons (Fsp3) is 0.538. The molecule has 17 heavy (non-hydrogen) atoms. The highest BCUT2D eigenvalue weighted by Crippen LogP contribution is 2.34. The van der Waals surface area contributed by atoms with E-state index in [1.165, 1.54) is 0 Å². The summed E-state index contributed by atoms with van der Waals surface area (Å²) in [4.78, 5) is 0. The zero-order chi connectivity index (χ0) is 12.4. The predicted molar refractivity (Wildman–Crippen MR) is 60.3 cm³/mol. The summed E-state index contributed by atoms with van der Waals surface area (Å²) in [5.74, 6) is -2.72. The summed E-state index contributed by atoms with van der Waals surface area (Å²) in [6.45, 7) is 3.48. The van der Waals surface area contributed by atoms with Crippen molar-refractivity contribution in [1.29, 1.82) is 0 Å². The van der Waals surface area contributed by atoms with Crippen molar-refractivity contribution in [3.8, 4) is 0 Å².